The Bertz CT molecular complexity index is 397. The van der Waals surface area contributed by atoms with E-state index in [0.717, 1.165) is 23.6 Å². The smallest absolute Gasteiger partial charge is 0.273 e. The topological polar surface area (TPSA) is 48.0 Å². The van der Waals surface area contributed by atoms with Gasteiger partial charge in [-0.25, -0.2) is 0 Å². The molecule has 2 N–H and O–H groups in total. The van der Waals surface area contributed by atoms with Crippen LogP contribution in [0.2, 0.25) is 0 Å². The van der Waals surface area contributed by atoms with Gasteiger partial charge in [0, 0.05) is 18.5 Å². The van der Waals surface area contributed by atoms with E-state index in [1.165, 1.54) is 5.56 Å². The summed E-state index contributed by atoms with van der Waals surface area (Å²) in [6.45, 7) is 0. The first kappa shape index (κ1) is 8.69. The molecule has 0 saturated carbocycles. The molecule has 13 heavy (non-hydrogen) atoms. The van der Waals surface area contributed by atoms with Crippen molar-refractivity contribution in [3.05, 3.63) is 27.7 Å². The number of nitrogens with two attached hydrogens (primary N) is 1. The molecule has 0 radical (unpaired) electrons. The second-order valence-corrected chi connectivity index (χ2v) is 4.34. The number of rotatable bonds is 0. The van der Waals surface area contributed by atoms with Gasteiger partial charge < -0.3 is 10.3 Å². The van der Waals surface area contributed by atoms with Crippen LogP contribution in [0, 0.1) is 0 Å². The van der Waals surface area contributed by atoms with Gasteiger partial charge >= 0.3 is 0 Å². The van der Waals surface area contributed by atoms with Gasteiger partial charge in [0.05, 0.1) is 5.69 Å². The summed E-state index contributed by atoms with van der Waals surface area (Å²) >= 11 is 1.87. The van der Waals surface area contributed by atoms with Crippen LogP contribution < -0.4 is 11.3 Å². The average molecular weight is 196 g/mol. The molecule has 3 nitrogen and oxygen atoms in total. The Morgan fingerprint density at radius 3 is 3.15 bits per heavy atom. The molecule has 0 spiro atoms. The van der Waals surface area contributed by atoms with Crippen LogP contribution in [-0.4, -0.2) is 10.3 Å². The fourth-order valence-corrected chi connectivity index (χ4v) is 2.70. The zero-order valence-electron chi connectivity index (χ0n) is 7.54. The number of nitrogens with zero attached hydrogens (tertiary/aromatic N) is 1. The van der Waals surface area contributed by atoms with Gasteiger partial charge in [-0.05, 0) is 23.8 Å². The van der Waals surface area contributed by atoms with E-state index >= 15 is 0 Å². The van der Waals surface area contributed by atoms with Crippen molar-refractivity contribution in [2.24, 2.45) is 7.05 Å². The summed E-state index contributed by atoms with van der Waals surface area (Å²) in [5, 5.41) is 0. The lowest BCUT2D eigenvalue weighted by atomic mass is 10.1. The maximum atomic E-state index is 11.5. The fourth-order valence-electron chi connectivity index (χ4n) is 1.62. The lowest BCUT2D eigenvalue weighted by Gasteiger charge is -2.18. The Morgan fingerprint density at radius 1 is 1.62 bits per heavy atom. The van der Waals surface area contributed by atoms with Crippen molar-refractivity contribution < 1.29 is 0 Å². The molecule has 1 aromatic heterocycles. The summed E-state index contributed by atoms with van der Waals surface area (Å²) < 4.78 is 1.68. The van der Waals surface area contributed by atoms with E-state index in [2.05, 4.69) is 0 Å². The van der Waals surface area contributed by atoms with Crippen molar-refractivity contribution in [2.75, 3.05) is 11.5 Å². The van der Waals surface area contributed by atoms with E-state index in [9.17, 15) is 4.79 Å². The first-order chi connectivity index (χ1) is 6.20. The number of anilines is 1. The van der Waals surface area contributed by atoms with Gasteiger partial charge in [0.2, 0.25) is 0 Å². The molecule has 70 valence electrons. The highest BCUT2D eigenvalue weighted by Crippen LogP contribution is 2.23. The van der Waals surface area contributed by atoms with Crippen molar-refractivity contribution in [3.8, 4) is 0 Å². The minimum absolute atomic E-state index is 0.0683. The number of pyridine rings is 1. The van der Waals surface area contributed by atoms with E-state index < -0.39 is 0 Å². The lowest BCUT2D eigenvalue weighted by molar-refractivity contribution is 0.790. The zero-order valence-corrected chi connectivity index (χ0v) is 8.36. The van der Waals surface area contributed by atoms with E-state index in [1.54, 1.807) is 11.6 Å². The zero-order chi connectivity index (χ0) is 9.42. The molecular weight excluding hydrogens is 184 g/mol. The first-order valence-corrected chi connectivity index (χ1v) is 5.40. The highest BCUT2D eigenvalue weighted by Gasteiger charge is 2.14. The molecule has 1 aromatic rings. The van der Waals surface area contributed by atoms with Crippen LogP contribution in [-0.2, 0) is 19.2 Å². The van der Waals surface area contributed by atoms with Gasteiger partial charge in [-0.15, -0.1) is 0 Å². The predicted octanol–water partition coefficient (Wildman–Crippen LogP) is 0.757. The number of fused-ring (bicyclic) bond motifs is 1. The quantitative estimate of drug-likeness (QED) is 0.666. The van der Waals surface area contributed by atoms with E-state index in [-0.39, 0.29) is 5.56 Å². The Hall–Kier alpha value is -0.900. The average Bonchev–Trinajstić information content (AvgIpc) is 2.15. The molecule has 0 bridgehead atoms. The molecule has 0 aliphatic carbocycles. The van der Waals surface area contributed by atoms with Gasteiger partial charge in [-0.3, -0.25) is 4.79 Å². The van der Waals surface area contributed by atoms with Crippen LogP contribution in [0.5, 0.6) is 0 Å². The molecule has 0 unspecified atom stereocenters. The highest BCUT2D eigenvalue weighted by atomic mass is 32.2. The van der Waals surface area contributed by atoms with E-state index in [0.29, 0.717) is 5.69 Å². The summed E-state index contributed by atoms with van der Waals surface area (Å²) in [6.07, 6.45) is 1.03. The van der Waals surface area contributed by atoms with Gasteiger partial charge in [-0.2, -0.15) is 11.8 Å². The summed E-state index contributed by atoms with van der Waals surface area (Å²) in [6, 6.07) is 1.83. The van der Waals surface area contributed by atoms with Crippen LogP contribution >= 0.6 is 11.8 Å². The molecule has 0 fully saturated rings. The SMILES string of the molecule is Cn1c2c(cc(N)c1=O)CCSC2. The highest BCUT2D eigenvalue weighted by molar-refractivity contribution is 7.98. The summed E-state index contributed by atoms with van der Waals surface area (Å²) in [7, 11) is 1.80. The molecule has 2 rings (SSSR count). The Kier molecular flexibility index (Phi) is 2.07. The largest absolute Gasteiger partial charge is 0.394 e. The van der Waals surface area contributed by atoms with Crippen LogP contribution in [0.4, 0.5) is 5.69 Å². The Morgan fingerprint density at radius 2 is 2.38 bits per heavy atom. The number of aryl methyl sites for hydroxylation is 1. The van der Waals surface area contributed by atoms with Crippen molar-refractivity contribution in [3.63, 3.8) is 0 Å². The van der Waals surface area contributed by atoms with Crippen LogP contribution in [0.1, 0.15) is 11.3 Å². The van der Waals surface area contributed by atoms with Crippen LogP contribution in [0.15, 0.2) is 10.9 Å². The maximum absolute atomic E-state index is 11.5. The summed E-state index contributed by atoms with van der Waals surface area (Å²) in [5.74, 6) is 2.06. The van der Waals surface area contributed by atoms with Crippen molar-refractivity contribution in [2.45, 2.75) is 12.2 Å². The van der Waals surface area contributed by atoms with Crippen LogP contribution in [0.3, 0.4) is 0 Å². The van der Waals surface area contributed by atoms with Gasteiger partial charge in [-0.1, -0.05) is 0 Å². The van der Waals surface area contributed by atoms with E-state index in [1.807, 2.05) is 17.8 Å². The summed E-state index contributed by atoms with van der Waals surface area (Å²) in [4.78, 5) is 11.5. The summed E-state index contributed by atoms with van der Waals surface area (Å²) in [5.41, 5.74) is 8.27. The molecule has 0 saturated heterocycles. The normalized spacial score (nSPS) is 15.5. The number of nitrogen functional groups attached to an aromatic ring is 1. The third-order valence-electron chi connectivity index (χ3n) is 2.41. The van der Waals surface area contributed by atoms with E-state index in [4.69, 9.17) is 5.73 Å². The minimum Gasteiger partial charge on any atom is -0.394 e. The standard InChI is InChI=1S/C9H12N2OS/c1-11-8-5-13-3-2-6(8)4-7(10)9(11)12/h4H,2-3,5,10H2,1H3. The number of hydrogen-bond donors (Lipinski definition) is 1. The monoisotopic (exact) mass is 196 g/mol. The molecule has 1 aliphatic heterocycles. The predicted molar refractivity (Wildman–Crippen MR) is 56.0 cm³/mol. The molecule has 2 heterocycles. The molecule has 0 amide bonds. The number of aromatic nitrogens is 1. The Labute approximate surface area is 80.9 Å². The molecule has 0 aromatic carbocycles. The van der Waals surface area contributed by atoms with Crippen LogP contribution in [0.25, 0.3) is 0 Å². The van der Waals surface area contributed by atoms with Gasteiger partial charge in [0.1, 0.15) is 0 Å². The number of thioether (sulfide) groups is 1. The van der Waals surface area contributed by atoms with Gasteiger partial charge in [0.25, 0.3) is 5.56 Å². The van der Waals surface area contributed by atoms with Crippen molar-refractivity contribution >= 4 is 17.4 Å². The molecule has 4 heteroatoms. The lowest BCUT2D eigenvalue weighted by Crippen LogP contribution is -2.26. The maximum Gasteiger partial charge on any atom is 0.273 e. The third kappa shape index (κ3) is 1.35. The molecular formula is C9H12N2OS. The number of hydrogen-bond acceptors (Lipinski definition) is 3. The van der Waals surface area contributed by atoms with Crippen molar-refractivity contribution in [1.29, 1.82) is 0 Å². The third-order valence-corrected chi connectivity index (χ3v) is 3.38. The second-order valence-electron chi connectivity index (χ2n) is 3.24. The first-order valence-electron chi connectivity index (χ1n) is 4.25. The van der Waals surface area contributed by atoms with Crippen molar-refractivity contribution in [1.82, 2.24) is 4.57 Å². The molecule has 1 aliphatic rings. The van der Waals surface area contributed by atoms with Gasteiger partial charge in [0.15, 0.2) is 0 Å². The minimum atomic E-state index is -0.0683. The second kappa shape index (κ2) is 3.10. The fraction of sp³-hybridized carbons (Fsp3) is 0.444. The molecule has 0 atom stereocenters. The Balaban J connectivity index is 2.67.